The summed E-state index contributed by atoms with van der Waals surface area (Å²) in [4.78, 5) is 0. The average Bonchev–Trinajstić information content (AvgIpc) is 2.53. The minimum atomic E-state index is -0.312. The predicted molar refractivity (Wildman–Crippen MR) is 94.6 cm³/mol. The Balaban J connectivity index is -0.00000220. The van der Waals surface area contributed by atoms with Crippen molar-refractivity contribution in [1.82, 2.24) is 3.38 Å². The van der Waals surface area contributed by atoms with E-state index in [2.05, 4.69) is 24.2 Å². The third kappa shape index (κ3) is 23.2. The largest absolute Gasteiger partial charge is 1.00 e. The first-order valence-electron chi connectivity index (χ1n) is 9.97. The van der Waals surface area contributed by atoms with Crippen LogP contribution in [0.4, 0.5) is 0 Å². The Hall–Kier alpha value is 1.21. The molecule has 0 amide bonds. The molecule has 0 aliphatic carbocycles. The molecule has 0 radical (unpaired) electrons. The number of halogens is 2. The number of hydrogen-bond donors (Lipinski definition) is 0. The second-order valence-corrected chi connectivity index (χ2v) is 8.19. The molecular weight excluding hydrogens is 377 g/mol. The third-order valence-corrected chi connectivity index (χ3v) is 5.68. The summed E-state index contributed by atoms with van der Waals surface area (Å²) in [7, 11) is 0. The van der Waals surface area contributed by atoms with Crippen molar-refractivity contribution in [3.05, 3.63) is 0 Å². The summed E-state index contributed by atoms with van der Waals surface area (Å²) in [6.45, 7) is 10.3. The van der Waals surface area contributed by atoms with Crippen LogP contribution < -0.4 is 24.8 Å². The summed E-state index contributed by atoms with van der Waals surface area (Å²) in [6, 6.07) is 0. The smallest absolute Gasteiger partial charge is 1.00 e. The van der Waals surface area contributed by atoms with Crippen LogP contribution in [0, 0.1) is 0 Å². The first-order chi connectivity index (χ1) is 10.8. The van der Waals surface area contributed by atoms with E-state index in [1.165, 1.54) is 90.1 Å². The Bertz CT molecular complexity index is 196. The zero-order valence-corrected chi connectivity index (χ0v) is 19.5. The minimum absolute atomic E-state index is 0. The summed E-state index contributed by atoms with van der Waals surface area (Å²) < 4.78 is 8.55. The van der Waals surface area contributed by atoms with Crippen LogP contribution in [0.3, 0.4) is 0 Å². The van der Waals surface area contributed by atoms with Crippen LogP contribution in [0.1, 0.15) is 104 Å². The van der Waals surface area contributed by atoms with Gasteiger partial charge in [-0.3, -0.25) is 0 Å². The standard InChI is InChI=1S/C16H34N.C3H7O.2ClH.Ti/c1-3-5-7-9-11-13-15-17-16-14-12-10-8-6-4-2;1-2-3-4;;;/h3-16H2,1-2H3;2-3H2,1H3;2*1H;/q2*-1;;;+4/p-2. The van der Waals surface area contributed by atoms with Crippen molar-refractivity contribution >= 4 is 0 Å². The number of unbranched alkanes of at least 4 members (excludes halogenated alkanes) is 10. The molecule has 0 spiro atoms. The molecule has 24 heavy (non-hydrogen) atoms. The molecule has 0 unspecified atom stereocenters. The van der Waals surface area contributed by atoms with Crippen molar-refractivity contribution < 1.29 is 47.9 Å². The van der Waals surface area contributed by atoms with E-state index in [9.17, 15) is 0 Å². The maximum Gasteiger partial charge on any atom is -1.00 e. The molecule has 2 nitrogen and oxygen atoms in total. The Morgan fingerprint density at radius 1 is 0.583 bits per heavy atom. The molecule has 0 fully saturated rings. The fourth-order valence-electron chi connectivity index (χ4n) is 2.61. The quantitative estimate of drug-likeness (QED) is 0.236. The molecule has 0 atom stereocenters. The van der Waals surface area contributed by atoms with Crippen LogP contribution in [0.15, 0.2) is 0 Å². The van der Waals surface area contributed by atoms with Crippen LogP contribution in [-0.4, -0.2) is 23.1 Å². The van der Waals surface area contributed by atoms with E-state index >= 15 is 0 Å². The monoisotopic (exact) mass is 417 g/mol. The van der Waals surface area contributed by atoms with E-state index < -0.39 is 0 Å². The molecule has 146 valence electrons. The second-order valence-electron chi connectivity index (χ2n) is 6.46. The van der Waals surface area contributed by atoms with E-state index in [1.54, 1.807) is 0 Å². The molecule has 5 heteroatoms. The summed E-state index contributed by atoms with van der Waals surface area (Å²) in [5.41, 5.74) is 0. The molecule has 0 aromatic heterocycles. The van der Waals surface area contributed by atoms with Crippen molar-refractivity contribution in [3.63, 3.8) is 0 Å². The first-order valence-corrected chi connectivity index (χ1v) is 11.3. The molecule has 0 aliphatic heterocycles. The maximum atomic E-state index is 5.89. The molecule has 0 aliphatic rings. The summed E-state index contributed by atoms with van der Waals surface area (Å²) in [5, 5.41) is 0. The van der Waals surface area contributed by atoms with Gasteiger partial charge in [0, 0.05) is 0 Å². The van der Waals surface area contributed by atoms with Gasteiger partial charge < -0.3 is 24.8 Å². The van der Waals surface area contributed by atoms with Crippen LogP contribution >= 0.6 is 0 Å². The zero-order valence-electron chi connectivity index (χ0n) is 16.4. The Morgan fingerprint density at radius 2 is 1.00 bits per heavy atom. The number of hydrogen-bond acceptors (Lipinski definition) is 2. The first kappa shape index (κ1) is 30.0. The topological polar surface area (TPSA) is 12.5 Å². The molecule has 0 rings (SSSR count). The van der Waals surface area contributed by atoms with Gasteiger partial charge >= 0.3 is 150 Å². The van der Waals surface area contributed by atoms with Crippen LogP contribution in [0.25, 0.3) is 0 Å². The van der Waals surface area contributed by atoms with Gasteiger partial charge in [0.1, 0.15) is 0 Å². The minimum Gasteiger partial charge on any atom is -1.00 e. The molecule has 0 N–H and O–H groups in total. The van der Waals surface area contributed by atoms with Crippen LogP contribution in [-0.2, 0) is 23.1 Å². The van der Waals surface area contributed by atoms with Gasteiger partial charge in [-0.2, -0.15) is 0 Å². The Kier molecular flexibility index (Phi) is 33.0. The molecule has 0 aromatic carbocycles. The Labute approximate surface area is 174 Å². The van der Waals surface area contributed by atoms with Gasteiger partial charge in [-0.1, -0.05) is 0 Å². The molecule has 0 bridgehead atoms. The molecule has 0 saturated heterocycles. The van der Waals surface area contributed by atoms with Crippen LogP contribution in [0.5, 0.6) is 0 Å². The van der Waals surface area contributed by atoms with Crippen molar-refractivity contribution in [2.75, 3.05) is 19.7 Å². The molecule has 0 heterocycles. The van der Waals surface area contributed by atoms with Gasteiger partial charge in [-0.25, -0.2) is 0 Å². The van der Waals surface area contributed by atoms with Gasteiger partial charge in [0.25, 0.3) is 0 Å². The number of nitrogens with zero attached hydrogens (tertiary/aromatic N) is 1. The Morgan fingerprint density at radius 3 is 1.42 bits per heavy atom. The fourth-order valence-corrected chi connectivity index (χ4v) is 4.13. The van der Waals surface area contributed by atoms with Crippen molar-refractivity contribution in [2.45, 2.75) is 104 Å². The molecular formula is C19H41Cl2NOTi. The van der Waals surface area contributed by atoms with Gasteiger partial charge in [0.15, 0.2) is 0 Å². The fraction of sp³-hybridized carbons (Fsp3) is 1.00. The van der Waals surface area contributed by atoms with Crippen LogP contribution in [0.2, 0.25) is 0 Å². The normalized spacial score (nSPS) is 10.2. The van der Waals surface area contributed by atoms with E-state index in [1.807, 2.05) is 0 Å². The van der Waals surface area contributed by atoms with E-state index in [0.29, 0.717) is 0 Å². The summed E-state index contributed by atoms with van der Waals surface area (Å²) in [6.07, 6.45) is 17.9. The summed E-state index contributed by atoms with van der Waals surface area (Å²) in [5.74, 6) is 0. The van der Waals surface area contributed by atoms with Gasteiger partial charge in [-0.05, 0) is 0 Å². The maximum absolute atomic E-state index is 5.89. The van der Waals surface area contributed by atoms with E-state index in [4.69, 9.17) is 3.32 Å². The summed E-state index contributed by atoms with van der Waals surface area (Å²) >= 11 is -0.312. The molecule has 0 saturated carbocycles. The SMILES string of the molecule is CCCCCCCC[N](CCCCCCCC)[Ti+2][O]CCC.[Cl-].[Cl-]. The molecule has 0 aromatic rings. The zero-order chi connectivity index (χ0) is 16.3. The third-order valence-electron chi connectivity index (χ3n) is 4.06. The van der Waals surface area contributed by atoms with E-state index in [0.717, 1.165) is 13.0 Å². The second kappa shape index (κ2) is 26.4. The van der Waals surface area contributed by atoms with Gasteiger partial charge in [0.05, 0.1) is 0 Å². The van der Waals surface area contributed by atoms with Gasteiger partial charge in [0.2, 0.25) is 0 Å². The average molecular weight is 418 g/mol. The van der Waals surface area contributed by atoms with E-state index in [-0.39, 0.29) is 44.6 Å². The van der Waals surface area contributed by atoms with Gasteiger partial charge in [-0.15, -0.1) is 0 Å². The van der Waals surface area contributed by atoms with Crippen molar-refractivity contribution in [2.24, 2.45) is 0 Å². The predicted octanol–water partition coefficient (Wildman–Crippen LogP) is 0.357. The van der Waals surface area contributed by atoms with Crippen molar-refractivity contribution in [3.8, 4) is 0 Å². The van der Waals surface area contributed by atoms with Crippen molar-refractivity contribution in [1.29, 1.82) is 0 Å². The number of rotatable bonds is 18.